The van der Waals surface area contributed by atoms with Crippen molar-refractivity contribution in [2.75, 3.05) is 13.1 Å². The van der Waals surface area contributed by atoms with Gasteiger partial charge in [0, 0.05) is 38.2 Å². The molecule has 2 aromatic heterocycles. The normalized spacial score (nSPS) is 18.9. The third-order valence-corrected chi connectivity index (χ3v) is 4.06. The van der Waals surface area contributed by atoms with E-state index < -0.39 is 0 Å². The van der Waals surface area contributed by atoms with Crippen LogP contribution in [0.1, 0.15) is 38.4 Å². The molecule has 1 unspecified atom stereocenters. The Morgan fingerprint density at radius 2 is 2.30 bits per heavy atom. The van der Waals surface area contributed by atoms with E-state index in [2.05, 4.69) is 16.5 Å². The van der Waals surface area contributed by atoms with Gasteiger partial charge in [-0.3, -0.25) is 4.79 Å². The fourth-order valence-corrected chi connectivity index (χ4v) is 3.02. The highest BCUT2D eigenvalue weighted by atomic mass is 16.2. The summed E-state index contributed by atoms with van der Waals surface area (Å²) in [6.07, 6.45) is 3.38. The van der Waals surface area contributed by atoms with Gasteiger partial charge in [0.05, 0.1) is 0 Å². The number of pyridine rings is 1. The summed E-state index contributed by atoms with van der Waals surface area (Å²) in [5.41, 5.74) is 1.90. The van der Waals surface area contributed by atoms with Crippen LogP contribution in [0, 0.1) is 0 Å². The van der Waals surface area contributed by atoms with E-state index in [0.717, 1.165) is 43.0 Å². The van der Waals surface area contributed by atoms with Crippen LogP contribution in [0.4, 0.5) is 0 Å². The van der Waals surface area contributed by atoms with E-state index in [1.807, 2.05) is 30.2 Å². The lowest BCUT2D eigenvalue weighted by molar-refractivity contribution is -0.129. The van der Waals surface area contributed by atoms with Gasteiger partial charge in [0.15, 0.2) is 5.65 Å². The van der Waals surface area contributed by atoms with Crippen LogP contribution in [-0.2, 0) is 11.3 Å². The number of amides is 1. The highest BCUT2D eigenvalue weighted by Gasteiger charge is 2.30. The molecule has 0 spiro atoms. The van der Waals surface area contributed by atoms with E-state index in [1.165, 1.54) is 0 Å². The molecule has 1 aliphatic rings. The SMILES string of the molecule is CCC(=O)N1CCC(c2nc3cccnc3n2CC)C1. The minimum atomic E-state index is 0.241. The van der Waals surface area contributed by atoms with Gasteiger partial charge in [0.1, 0.15) is 11.3 Å². The second-order valence-corrected chi connectivity index (χ2v) is 5.24. The molecule has 0 aromatic carbocycles. The molecule has 1 amide bonds. The van der Waals surface area contributed by atoms with Crippen LogP contribution in [0.2, 0.25) is 0 Å². The van der Waals surface area contributed by atoms with Crippen molar-refractivity contribution in [1.82, 2.24) is 19.4 Å². The second kappa shape index (κ2) is 5.23. The first-order chi connectivity index (χ1) is 9.74. The summed E-state index contributed by atoms with van der Waals surface area (Å²) in [7, 11) is 0. The molecule has 0 aliphatic carbocycles. The first kappa shape index (κ1) is 13.1. The maximum absolute atomic E-state index is 11.8. The Morgan fingerprint density at radius 3 is 3.05 bits per heavy atom. The van der Waals surface area contributed by atoms with Gasteiger partial charge in [0.25, 0.3) is 0 Å². The predicted molar refractivity (Wildman–Crippen MR) is 77.4 cm³/mol. The highest BCUT2D eigenvalue weighted by molar-refractivity contribution is 5.76. The Morgan fingerprint density at radius 1 is 1.45 bits per heavy atom. The van der Waals surface area contributed by atoms with Gasteiger partial charge in [-0.15, -0.1) is 0 Å². The average Bonchev–Trinajstić information content (AvgIpc) is 3.10. The van der Waals surface area contributed by atoms with Gasteiger partial charge in [-0.05, 0) is 25.5 Å². The van der Waals surface area contributed by atoms with Crippen molar-refractivity contribution in [2.24, 2.45) is 0 Å². The van der Waals surface area contributed by atoms with Gasteiger partial charge in [0.2, 0.25) is 5.91 Å². The molecular formula is C15H20N4O. The van der Waals surface area contributed by atoms with Crippen molar-refractivity contribution < 1.29 is 4.79 Å². The highest BCUT2D eigenvalue weighted by Crippen LogP contribution is 2.29. The Hall–Kier alpha value is -1.91. The fourth-order valence-electron chi connectivity index (χ4n) is 3.02. The number of likely N-dealkylation sites (tertiary alicyclic amines) is 1. The minimum Gasteiger partial charge on any atom is -0.342 e. The molecule has 2 aromatic rings. The third kappa shape index (κ3) is 2.07. The van der Waals surface area contributed by atoms with E-state index in [1.54, 1.807) is 0 Å². The van der Waals surface area contributed by atoms with Crippen molar-refractivity contribution in [3.63, 3.8) is 0 Å². The molecule has 3 heterocycles. The number of carbonyl (C=O) groups is 1. The molecule has 20 heavy (non-hydrogen) atoms. The quantitative estimate of drug-likeness (QED) is 0.860. The Bertz CT molecular complexity index is 634. The van der Waals surface area contributed by atoms with Crippen LogP contribution < -0.4 is 0 Å². The second-order valence-electron chi connectivity index (χ2n) is 5.24. The molecule has 5 heteroatoms. The van der Waals surface area contributed by atoms with Crippen LogP contribution in [0.3, 0.4) is 0 Å². The lowest BCUT2D eigenvalue weighted by Crippen LogP contribution is -2.27. The van der Waals surface area contributed by atoms with Gasteiger partial charge in [-0.2, -0.15) is 0 Å². The smallest absolute Gasteiger partial charge is 0.222 e. The summed E-state index contributed by atoms with van der Waals surface area (Å²) in [5.74, 6) is 1.65. The maximum Gasteiger partial charge on any atom is 0.222 e. The van der Waals surface area contributed by atoms with Crippen molar-refractivity contribution in [1.29, 1.82) is 0 Å². The number of fused-ring (bicyclic) bond motifs is 1. The molecule has 1 aliphatic heterocycles. The van der Waals surface area contributed by atoms with E-state index in [4.69, 9.17) is 4.98 Å². The minimum absolute atomic E-state index is 0.241. The van der Waals surface area contributed by atoms with Crippen molar-refractivity contribution in [2.45, 2.75) is 39.2 Å². The van der Waals surface area contributed by atoms with Crippen LogP contribution in [0.15, 0.2) is 18.3 Å². The largest absolute Gasteiger partial charge is 0.342 e. The van der Waals surface area contributed by atoms with E-state index in [9.17, 15) is 4.79 Å². The van der Waals surface area contributed by atoms with Crippen LogP contribution in [0.25, 0.3) is 11.2 Å². The first-order valence-corrected chi connectivity index (χ1v) is 7.33. The molecule has 1 fully saturated rings. The number of rotatable bonds is 3. The number of imidazole rings is 1. The van der Waals surface area contributed by atoms with Gasteiger partial charge in [-0.1, -0.05) is 6.92 Å². The summed E-state index contributed by atoms with van der Waals surface area (Å²) in [5, 5.41) is 0. The van der Waals surface area contributed by atoms with Crippen LogP contribution >= 0.6 is 0 Å². The van der Waals surface area contributed by atoms with E-state index in [0.29, 0.717) is 12.3 Å². The van der Waals surface area contributed by atoms with Crippen molar-refractivity contribution in [3.8, 4) is 0 Å². The molecule has 0 bridgehead atoms. The van der Waals surface area contributed by atoms with E-state index >= 15 is 0 Å². The van der Waals surface area contributed by atoms with Crippen LogP contribution in [0.5, 0.6) is 0 Å². The summed E-state index contributed by atoms with van der Waals surface area (Å²) in [6, 6.07) is 3.92. The van der Waals surface area contributed by atoms with Gasteiger partial charge < -0.3 is 9.47 Å². The molecule has 0 radical (unpaired) electrons. The zero-order valence-electron chi connectivity index (χ0n) is 12.0. The van der Waals surface area contributed by atoms with Crippen LogP contribution in [-0.4, -0.2) is 38.4 Å². The monoisotopic (exact) mass is 272 g/mol. The number of hydrogen-bond donors (Lipinski definition) is 0. The Labute approximate surface area is 118 Å². The molecule has 1 atom stereocenters. The lowest BCUT2D eigenvalue weighted by Gasteiger charge is -2.15. The standard InChI is InChI=1S/C15H20N4O/c1-3-13(20)18-9-7-11(10-18)14-17-12-6-5-8-16-15(12)19(14)4-2/h5-6,8,11H,3-4,7,9-10H2,1-2H3. The topological polar surface area (TPSA) is 51.0 Å². The summed E-state index contributed by atoms with van der Waals surface area (Å²) in [4.78, 5) is 22.9. The number of nitrogens with zero attached hydrogens (tertiary/aromatic N) is 4. The first-order valence-electron chi connectivity index (χ1n) is 7.33. The zero-order chi connectivity index (χ0) is 14.1. The number of carbonyl (C=O) groups excluding carboxylic acids is 1. The average molecular weight is 272 g/mol. The lowest BCUT2D eigenvalue weighted by atomic mass is 10.1. The summed E-state index contributed by atoms with van der Waals surface area (Å²) in [6.45, 7) is 6.53. The van der Waals surface area contributed by atoms with Crippen molar-refractivity contribution >= 4 is 17.1 Å². The van der Waals surface area contributed by atoms with Crippen molar-refractivity contribution in [3.05, 3.63) is 24.2 Å². The molecular weight excluding hydrogens is 252 g/mol. The molecule has 0 saturated carbocycles. The summed E-state index contributed by atoms with van der Waals surface area (Å²) < 4.78 is 2.18. The summed E-state index contributed by atoms with van der Waals surface area (Å²) >= 11 is 0. The molecule has 0 N–H and O–H groups in total. The Balaban J connectivity index is 1.93. The van der Waals surface area contributed by atoms with Gasteiger partial charge >= 0.3 is 0 Å². The predicted octanol–water partition coefficient (Wildman–Crippen LogP) is 2.18. The molecule has 5 nitrogen and oxygen atoms in total. The Kier molecular flexibility index (Phi) is 3.42. The maximum atomic E-state index is 11.8. The number of aryl methyl sites for hydroxylation is 1. The number of aromatic nitrogens is 3. The number of hydrogen-bond acceptors (Lipinski definition) is 3. The third-order valence-electron chi connectivity index (χ3n) is 4.06. The fraction of sp³-hybridized carbons (Fsp3) is 0.533. The zero-order valence-corrected chi connectivity index (χ0v) is 12.0. The molecule has 3 rings (SSSR count). The molecule has 106 valence electrons. The van der Waals surface area contributed by atoms with E-state index in [-0.39, 0.29) is 5.91 Å². The van der Waals surface area contributed by atoms with Gasteiger partial charge in [-0.25, -0.2) is 9.97 Å². The molecule has 1 saturated heterocycles.